The molecule has 28 heavy (non-hydrogen) atoms. The molecule has 0 saturated carbocycles. The lowest BCUT2D eigenvalue weighted by molar-refractivity contribution is 0.0256. The van der Waals surface area contributed by atoms with E-state index in [1.165, 1.54) is 0 Å². The van der Waals surface area contributed by atoms with E-state index in [1.54, 1.807) is 44.6 Å². The first-order valence-electron chi connectivity index (χ1n) is 8.99. The molecular weight excluding hydrogens is 354 g/mol. The number of fused-ring (bicyclic) bond motifs is 1. The summed E-state index contributed by atoms with van der Waals surface area (Å²) in [4.78, 5) is 12.7. The van der Waals surface area contributed by atoms with Crippen molar-refractivity contribution in [1.82, 2.24) is 5.32 Å². The molecule has 0 aromatic heterocycles. The Kier molecular flexibility index (Phi) is 4.53. The molecule has 0 saturated heterocycles. The van der Waals surface area contributed by atoms with E-state index in [9.17, 15) is 9.90 Å². The maximum Gasteiger partial charge on any atom is 0.252 e. The number of aliphatic hydroxyl groups is 1. The zero-order chi connectivity index (χ0) is 19.7. The molecule has 1 aliphatic rings. The fourth-order valence-corrected chi connectivity index (χ4v) is 3.77. The number of rotatable bonds is 4. The number of methoxy groups -OCH3 is 2. The van der Waals surface area contributed by atoms with Gasteiger partial charge in [0.1, 0.15) is 17.1 Å². The van der Waals surface area contributed by atoms with Gasteiger partial charge in [-0.2, -0.15) is 0 Å². The molecule has 0 aliphatic carbocycles. The van der Waals surface area contributed by atoms with Crippen molar-refractivity contribution in [2.24, 2.45) is 0 Å². The summed E-state index contributed by atoms with van der Waals surface area (Å²) in [6, 6.07) is 21.1. The fraction of sp³-hybridized carbons (Fsp3) is 0.174. The molecule has 3 aromatic rings. The third kappa shape index (κ3) is 2.80. The van der Waals surface area contributed by atoms with Gasteiger partial charge in [0, 0.05) is 11.1 Å². The van der Waals surface area contributed by atoms with Crippen LogP contribution in [0, 0.1) is 0 Å². The van der Waals surface area contributed by atoms with Crippen molar-refractivity contribution in [3.63, 3.8) is 0 Å². The van der Waals surface area contributed by atoms with Crippen LogP contribution in [0.3, 0.4) is 0 Å². The molecular formula is C23H21NO4. The van der Waals surface area contributed by atoms with E-state index in [-0.39, 0.29) is 5.91 Å². The smallest absolute Gasteiger partial charge is 0.252 e. The molecule has 0 unspecified atom stereocenters. The van der Waals surface area contributed by atoms with Crippen LogP contribution in [0.25, 0.3) is 0 Å². The van der Waals surface area contributed by atoms with Crippen molar-refractivity contribution < 1.29 is 19.4 Å². The van der Waals surface area contributed by atoms with Crippen molar-refractivity contribution in [2.45, 2.75) is 11.6 Å². The van der Waals surface area contributed by atoms with Gasteiger partial charge in [0.05, 0.1) is 20.3 Å². The molecule has 5 heteroatoms. The van der Waals surface area contributed by atoms with E-state index >= 15 is 0 Å². The maximum atomic E-state index is 12.7. The van der Waals surface area contributed by atoms with Gasteiger partial charge < -0.3 is 19.9 Å². The fourth-order valence-electron chi connectivity index (χ4n) is 3.77. The molecule has 1 aliphatic heterocycles. The van der Waals surface area contributed by atoms with Gasteiger partial charge in [-0.25, -0.2) is 0 Å². The minimum atomic E-state index is -1.44. The van der Waals surface area contributed by atoms with Crippen LogP contribution in [0.4, 0.5) is 0 Å². The van der Waals surface area contributed by atoms with Crippen molar-refractivity contribution in [3.8, 4) is 11.5 Å². The molecule has 2 N–H and O–H groups in total. The Bertz CT molecular complexity index is 998. The lowest BCUT2D eigenvalue weighted by Crippen LogP contribution is -2.50. The summed E-state index contributed by atoms with van der Waals surface area (Å²) >= 11 is 0. The lowest BCUT2D eigenvalue weighted by atomic mass is 9.73. The van der Waals surface area contributed by atoms with Gasteiger partial charge in [-0.3, -0.25) is 4.79 Å². The summed E-state index contributed by atoms with van der Waals surface area (Å²) in [5.41, 5.74) is 1.05. The average molecular weight is 375 g/mol. The SMILES string of the molecule is COc1ccc([C@@H]2NC(=O)c3ccccc3[C@]2(O)c2ccc(OC)cc2)cc1. The molecule has 3 aromatic carbocycles. The normalized spacial score (nSPS) is 20.8. The summed E-state index contributed by atoms with van der Waals surface area (Å²) in [5, 5.41) is 15.0. The summed E-state index contributed by atoms with van der Waals surface area (Å²) in [7, 11) is 3.20. The van der Waals surface area contributed by atoms with Gasteiger partial charge in [0.15, 0.2) is 0 Å². The van der Waals surface area contributed by atoms with E-state index in [0.717, 1.165) is 5.56 Å². The number of benzene rings is 3. The minimum absolute atomic E-state index is 0.213. The predicted octanol–water partition coefficient (Wildman–Crippen LogP) is 3.42. The van der Waals surface area contributed by atoms with Crippen LogP contribution in [-0.2, 0) is 5.60 Å². The Balaban J connectivity index is 1.91. The number of carbonyl (C=O) groups is 1. The molecule has 1 heterocycles. The van der Waals surface area contributed by atoms with Gasteiger partial charge in [-0.05, 0) is 41.5 Å². The molecule has 1 amide bonds. The molecule has 5 nitrogen and oxygen atoms in total. The first kappa shape index (κ1) is 18.1. The predicted molar refractivity (Wildman–Crippen MR) is 106 cm³/mol. The van der Waals surface area contributed by atoms with Gasteiger partial charge in [-0.15, -0.1) is 0 Å². The molecule has 0 fully saturated rings. The van der Waals surface area contributed by atoms with Gasteiger partial charge >= 0.3 is 0 Å². The van der Waals surface area contributed by atoms with E-state index in [0.29, 0.717) is 28.2 Å². The average Bonchev–Trinajstić information content (AvgIpc) is 2.76. The Morgan fingerprint density at radius 1 is 0.857 bits per heavy atom. The standard InChI is InChI=1S/C23H21NO4/c1-27-17-11-7-15(8-12-17)21-23(26,16-9-13-18(28-2)14-10-16)20-6-4-3-5-19(20)22(25)24-21/h3-14,21,26H,1-2H3,(H,24,25)/t21-,23+/m0/s1. The largest absolute Gasteiger partial charge is 0.497 e. The number of ether oxygens (including phenoxy) is 2. The van der Waals surface area contributed by atoms with Crippen molar-refractivity contribution in [1.29, 1.82) is 0 Å². The minimum Gasteiger partial charge on any atom is -0.497 e. The van der Waals surface area contributed by atoms with Crippen LogP contribution >= 0.6 is 0 Å². The zero-order valence-corrected chi connectivity index (χ0v) is 15.7. The highest BCUT2D eigenvalue weighted by molar-refractivity contribution is 5.98. The number of carbonyl (C=O) groups excluding carboxylic acids is 1. The highest BCUT2D eigenvalue weighted by Gasteiger charge is 2.47. The Hall–Kier alpha value is -3.31. The van der Waals surface area contributed by atoms with Crippen LogP contribution in [0.15, 0.2) is 72.8 Å². The van der Waals surface area contributed by atoms with Crippen LogP contribution in [0.5, 0.6) is 11.5 Å². The monoisotopic (exact) mass is 375 g/mol. The molecule has 0 radical (unpaired) electrons. The summed E-state index contributed by atoms with van der Waals surface area (Å²) in [6.07, 6.45) is 0. The lowest BCUT2D eigenvalue weighted by Gasteiger charge is -2.42. The second-order valence-corrected chi connectivity index (χ2v) is 6.72. The topological polar surface area (TPSA) is 67.8 Å². The molecule has 0 spiro atoms. The Labute approximate surface area is 163 Å². The van der Waals surface area contributed by atoms with Gasteiger partial charge in [-0.1, -0.05) is 42.5 Å². The molecule has 2 atom stereocenters. The van der Waals surface area contributed by atoms with Crippen molar-refractivity contribution in [3.05, 3.63) is 95.1 Å². The second kappa shape index (κ2) is 7.02. The summed E-state index contributed by atoms with van der Waals surface area (Å²) in [6.45, 7) is 0. The second-order valence-electron chi connectivity index (χ2n) is 6.72. The first-order chi connectivity index (χ1) is 13.6. The maximum absolute atomic E-state index is 12.7. The van der Waals surface area contributed by atoms with Crippen LogP contribution < -0.4 is 14.8 Å². The molecule has 4 rings (SSSR count). The molecule has 142 valence electrons. The highest BCUT2D eigenvalue weighted by Crippen LogP contribution is 2.45. The van der Waals surface area contributed by atoms with Crippen LogP contribution in [-0.4, -0.2) is 25.2 Å². The van der Waals surface area contributed by atoms with Gasteiger partial charge in [0.2, 0.25) is 0 Å². The quantitative estimate of drug-likeness (QED) is 0.733. The first-order valence-corrected chi connectivity index (χ1v) is 8.99. The van der Waals surface area contributed by atoms with E-state index < -0.39 is 11.6 Å². The number of amides is 1. The van der Waals surface area contributed by atoms with Crippen LogP contribution in [0.2, 0.25) is 0 Å². The Morgan fingerprint density at radius 3 is 2.04 bits per heavy atom. The number of nitrogens with one attached hydrogen (secondary N) is 1. The van der Waals surface area contributed by atoms with Crippen molar-refractivity contribution >= 4 is 5.91 Å². The third-order valence-corrected chi connectivity index (χ3v) is 5.25. The summed E-state index contributed by atoms with van der Waals surface area (Å²) in [5.74, 6) is 1.19. The third-order valence-electron chi connectivity index (χ3n) is 5.25. The van der Waals surface area contributed by atoms with E-state index in [1.807, 2.05) is 42.5 Å². The van der Waals surface area contributed by atoms with Gasteiger partial charge in [0.25, 0.3) is 5.91 Å². The van der Waals surface area contributed by atoms with Crippen molar-refractivity contribution in [2.75, 3.05) is 14.2 Å². The summed E-state index contributed by atoms with van der Waals surface area (Å²) < 4.78 is 10.5. The number of hydrogen-bond donors (Lipinski definition) is 2. The van der Waals surface area contributed by atoms with E-state index in [2.05, 4.69) is 5.32 Å². The van der Waals surface area contributed by atoms with Crippen LogP contribution in [0.1, 0.15) is 33.1 Å². The van der Waals surface area contributed by atoms with E-state index in [4.69, 9.17) is 9.47 Å². The Morgan fingerprint density at radius 2 is 1.43 bits per heavy atom. The highest BCUT2D eigenvalue weighted by atomic mass is 16.5. The zero-order valence-electron chi connectivity index (χ0n) is 15.7. The number of hydrogen-bond acceptors (Lipinski definition) is 4. The molecule has 0 bridgehead atoms.